The average Bonchev–Trinajstić information content (AvgIpc) is 2.47. The Morgan fingerprint density at radius 1 is 1.10 bits per heavy atom. The van der Waals surface area contributed by atoms with Gasteiger partial charge in [0.25, 0.3) is 5.91 Å². The van der Waals surface area contributed by atoms with E-state index >= 15 is 0 Å². The molecule has 0 aliphatic carbocycles. The van der Waals surface area contributed by atoms with Crippen molar-refractivity contribution < 1.29 is 9.53 Å². The van der Waals surface area contributed by atoms with E-state index in [-0.39, 0.29) is 18.6 Å². The number of benzene rings is 2. The molecular weight excluding hydrogens is 286 g/mol. The van der Waals surface area contributed by atoms with Gasteiger partial charge in [-0.25, -0.2) is 0 Å². The number of nitrogens with zero attached hydrogens (tertiary/aromatic N) is 1. The van der Waals surface area contributed by atoms with Crippen molar-refractivity contribution in [1.82, 2.24) is 0 Å². The fourth-order valence-electron chi connectivity index (χ4n) is 2.09. The van der Waals surface area contributed by atoms with Crippen LogP contribution in [0.1, 0.15) is 13.8 Å². The van der Waals surface area contributed by atoms with E-state index in [4.69, 9.17) is 16.3 Å². The molecule has 3 nitrogen and oxygen atoms in total. The van der Waals surface area contributed by atoms with E-state index in [9.17, 15) is 4.79 Å². The summed E-state index contributed by atoms with van der Waals surface area (Å²) in [5.74, 6) is 0.417. The molecule has 21 heavy (non-hydrogen) atoms. The summed E-state index contributed by atoms with van der Waals surface area (Å²) < 4.78 is 5.53. The smallest absolute Gasteiger partial charge is 0.265 e. The Morgan fingerprint density at radius 2 is 1.71 bits per heavy atom. The van der Waals surface area contributed by atoms with E-state index in [2.05, 4.69) is 0 Å². The second-order valence-electron chi connectivity index (χ2n) is 4.91. The summed E-state index contributed by atoms with van der Waals surface area (Å²) in [6.45, 7) is 3.90. The highest BCUT2D eigenvalue weighted by molar-refractivity contribution is 6.32. The maximum Gasteiger partial charge on any atom is 0.265 e. The molecule has 2 aromatic rings. The van der Waals surface area contributed by atoms with Crippen LogP contribution in [0.25, 0.3) is 0 Å². The summed E-state index contributed by atoms with van der Waals surface area (Å²) >= 11 is 6.02. The Bertz CT molecular complexity index is 599. The van der Waals surface area contributed by atoms with Gasteiger partial charge in [-0.15, -0.1) is 0 Å². The number of amides is 1. The molecule has 4 heteroatoms. The molecule has 0 fully saturated rings. The van der Waals surface area contributed by atoms with Gasteiger partial charge in [0.05, 0.1) is 5.02 Å². The molecule has 2 aromatic carbocycles. The van der Waals surface area contributed by atoms with E-state index < -0.39 is 0 Å². The van der Waals surface area contributed by atoms with Crippen molar-refractivity contribution in [3.63, 3.8) is 0 Å². The minimum absolute atomic E-state index is 0.0448. The average molecular weight is 304 g/mol. The fourth-order valence-corrected chi connectivity index (χ4v) is 2.28. The molecular formula is C17H18ClNO2. The molecule has 0 radical (unpaired) electrons. The molecule has 1 amide bonds. The van der Waals surface area contributed by atoms with Crippen LogP contribution in [0.3, 0.4) is 0 Å². The van der Waals surface area contributed by atoms with Crippen LogP contribution in [-0.2, 0) is 4.79 Å². The van der Waals surface area contributed by atoms with Gasteiger partial charge in [0.2, 0.25) is 0 Å². The highest BCUT2D eigenvalue weighted by atomic mass is 35.5. The maximum atomic E-state index is 12.4. The predicted molar refractivity (Wildman–Crippen MR) is 86.0 cm³/mol. The quantitative estimate of drug-likeness (QED) is 0.830. The third kappa shape index (κ3) is 3.99. The summed E-state index contributed by atoms with van der Waals surface area (Å²) in [6, 6.07) is 16.7. The third-order valence-corrected chi connectivity index (χ3v) is 3.32. The minimum Gasteiger partial charge on any atom is -0.482 e. The standard InChI is InChI=1S/C17H18ClNO2/c1-13(2)19(14-8-4-3-5-9-14)17(20)12-21-16-11-7-6-10-15(16)18/h3-11,13H,12H2,1-2H3. The molecule has 0 bridgehead atoms. The van der Waals surface area contributed by atoms with E-state index in [1.54, 1.807) is 17.0 Å². The number of para-hydroxylation sites is 2. The zero-order valence-corrected chi connectivity index (χ0v) is 12.9. The number of halogens is 1. The van der Waals surface area contributed by atoms with Crippen molar-refractivity contribution >= 4 is 23.2 Å². The highest BCUT2D eigenvalue weighted by Gasteiger charge is 2.19. The number of ether oxygens (including phenoxy) is 1. The van der Waals surface area contributed by atoms with Gasteiger partial charge in [0.1, 0.15) is 5.75 Å². The summed E-state index contributed by atoms with van der Waals surface area (Å²) in [6.07, 6.45) is 0. The molecule has 0 saturated heterocycles. The Labute approximate surface area is 130 Å². The fraction of sp³-hybridized carbons (Fsp3) is 0.235. The topological polar surface area (TPSA) is 29.5 Å². The SMILES string of the molecule is CC(C)N(C(=O)COc1ccccc1Cl)c1ccccc1. The van der Waals surface area contributed by atoms with Crippen LogP contribution in [0, 0.1) is 0 Å². The number of anilines is 1. The number of carbonyl (C=O) groups is 1. The first-order valence-corrected chi connectivity index (χ1v) is 7.22. The van der Waals surface area contributed by atoms with Gasteiger partial charge >= 0.3 is 0 Å². The lowest BCUT2D eigenvalue weighted by molar-refractivity contribution is -0.120. The van der Waals surface area contributed by atoms with E-state index in [1.165, 1.54) is 0 Å². The first kappa shape index (κ1) is 15.4. The molecule has 0 atom stereocenters. The largest absolute Gasteiger partial charge is 0.482 e. The minimum atomic E-state index is -0.101. The van der Waals surface area contributed by atoms with Crippen molar-refractivity contribution in [1.29, 1.82) is 0 Å². The van der Waals surface area contributed by atoms with Gasteiger partial charge in [-0.05, 0) is 38.1 Å². The summed E-state index contributed by atoms with van der Waals surface area (Å²) in [5.41, 5.74) is 0.861. The van der Waals surface area contributed by atoms with Gasteiger partial charge in [0.15, 0.2) is 6.61 Å². The van der Waals surface area contributed by atoms with Crippen molar-refractivity contribution in [3.05, 3.63) is 59.6 Å². The van der Waals surface area contributed by atoms with Crippen molar-refractivity contribution in [2.24, 2.45) is 0 Å². The van der Waals surface area contributed by atoms with Gasteiger partial charge in [-0.2, -0.15) is 0 Å². The number of hydrogen-bond acceptors (Lipinski definition) is 2. The van der Waals surface area contributed by atoms with E-state index in [0.29, 0.717) is 10.8 Å². The lowest BCUT2D eigenvalue weighted by Gasteiger charge is -2.27. The summed E-state index contributed by atoms with van der Waals surface area (Å²) in [7, 11) is 0. The van der Waals surface area contributed by atoms with Gasteiger partial charge in [-0.1, -0.05) is 41.9 Å². The lowest BCUT2D eigenvalue weighted by atomic mass is 10.2. The van der Waals surface area contributed by atoms with Gasteiger partial charge < -0.3 is 9.64 Å². The zero-order valence-electron chi connectivity index (χ0n) is 12.1. The lowest BCUT2D eigenvalue weighted by Crippen LogP contribution is -2.40. The molecule has 0 heterocycles. The van der Waals surface area contributed by atoms with Gasteiger partial charge in [0, 0.05) is 11.7 Å². The molecule has 0 N–H and O–H groups in total. The molecule has 110 valence electrons. The zero-order chi connectivity index (χ0) is 15.2. The first-order chi connectivity index (χ1) is 10.1. The number of carbonyl (C=O) groups excluding carboxylic acids is 1. The Balaban J connectivity index is 2.08. The number of hydrogen-bond donors (Lipinski definition) is 0. The Hall–Kier alpha value is -2.00. The monoisotopic (exact) mass is 303 g/mol. The molecule has 0 spiro atoms. The number of rotatable bonds is 5. The molecule has 0 unspecified atom stereocenters. The van der Waals surface area contributed by atoms with Crippen molar-refractivity contribution in [3.8, 4) is 5.75 Å². The first-order valence-electron chi connectivity index (χ1n) is 6.84. The van der Waals surface area contributed by atoms with Crippen LogP contribution in [-0.4, -0.2) is 18.6 Å². The second-order valence-corrected chi connectivity index (χ2v) is 5.32. The van der Waals surface area contributed by atoms with Crippen LogP contribution in [0.5, 0.6) is 5.75 Å². The van der Waals surface area contributed by atoms with Crippen LogP contribution in [0.2, 0.25) is 5.02 Å². The van der Waals surface area contributed by atoms with E-state index in [1.807, 2.05) is 56.3 Å². The predicted octanol–water partition coefficient (Wildman–Crippen LogP) is 4.16. The van der Waals surface area contributed by atoms with Crippen LogP contribution >= 0.6 is 11.6 Å². The second kappa shape index (κ2) is 7.14. The van der Waals surface area contributed by atoms with Crippen molar-refractivity contribution in [2.75, 3.05) is 11.5 Å². The highest BCUT2D eigenvalue weighted by Crippen LogP contribution is 2.23. The van der Waals surface area contributed by atoms with E-state index in [0.717, 1.165) is 5.69 Å². The Morgan fingerprint density at radius 3 is 2.33 bits per heavy atom. The van der Waals surface area contributed by atoms with Crippen LogP contribution in [0.4, 0.5) is 5.69 Å². The summed E-state index contributed by atoms with van der Waals surface area (Å²) in [4.78, 5) is 14.1. The Kier molecular flexibility index (Phi) is 5.23. The normalized spacial score (nSPS) is 10.5. The molecule has 0 saturated carbocycles. The summed E-state index contributed by atoms with van der Waals surface area (Å²) in [5, 5.41) is 0.501. The maximum absolute atomic E-state index is 12.4. The van der Waals surface area contributed by atoms with Crippen molar-refractivity contribution in [2.45, 2.75) is 19.9 Å². The molecule has 0 aliphatic heterocycles. The third-order valence-electron chi connectivity index (χ3n) is 3.01. The van der Waals surface area contributed by atoms with Crippen LogP contribution in [0.15, 0.2) is 54.6 Å². The van der Waals surface area contributed by atoms with Gasteiger partial charge in [-0.3, -0.25) is 4.79 Å². The van der Waals surface area contributed by atoms with Crippen LogP contribution < -0.4 is 9.64 Å². The molecule has 2 rings (SSSR count). The molecule has 0 aliphatic rings. The molecule has 0 aromatic heterocycles.